The first-order chi connectivity index (χ1) is 9.01. The maximum absolute atomic E-state index is 12.2. The minimum absolute atomic E-state index is 0.292. The van der Waals surface area contributed by atoms with Gasteiger partial charge in [-0.15, -0.1) is 0 Å². The van der Waals surface area contributed by atoms with E-state index >= 15 is 0 Å². The van der Waals surface area contributed by atoms with Gasteiger partial charge in [-0.1, -0.05) is 18.5 Å². The average molecular weight is 279 g/mol. The summed E-state index contributed by atoms with van der Waals surface area (Å²) < 4.78 is 1.66. The minimum atomic E-state index is -0.292. The number of rotatable bonds is 3. The number of nitrogens with two attached hydrogens (primary N) is 1. The lowest BCUT2D eigenvalue weighted by molar-refractivity contribution is 0.102. The molecule has 1 aromatic carbocycles. The Bertz CT molecular complexity index is 621. The van der Waals surface area contributed by atoms with E-state index in [0.29, 0.717) is 22.0 Å². The van der Waals surface area contributed by atoms with Crippen LogP contribution in [0.3, 0.4) is 0 Å². The van der Waals surface area contributed by atoms with E-state index in [1.54, 1.807) is 29.1 Å². The molecule has 3 N–H and O–H groups in total. The van der Waals surface area contributed by atoms with Crippen LogP contribution in [0.4, 0.5) is 11.4 Å². The second kappa shape index (κ2) is 5.32. The predicted molar refractivity (Wildman–Crippen MR) is 76.4 cm³/mol. The zero-order valence-electron chi connectivity index (χ0n) is 10.8. The zero-order valence-corrected chi connectivity index (χ0v) is 11.5. The highest BCUT2D eigenvalue weighted by molar-refractivity contribution is 6.34. The molecule has 0 atom stereocenters. The number of amides is 1. The third-order valence-electron chi connectivity index (χ3n) is 2.72. The van der Waals surface area contributed by atoms with Gasteiger partial charge in [-0.25, -0.2) is 0 Å². The van der Waals surface area contributed by atoms with Gasteiger partial charge in [0.2, 0.25) is 0 Å². The third kappa shape index (κ3) is 2.88. The number of halogens is 1. The summed E-state index contributed by atoms with van der Waals surface area (Å²) in [5.41, 5.74) is 8.03. The van der Waals surface area contributed by atoms with Crippen LogP contribution in [0.25, 0.3) is 0 Å². The van der Waals surface area contributed by atoms with Crippen LogP contribution in [0.1, 0.15) is 23.0 Å². The summed E-state index contributed by atoms with van der Waals surface area (Å²) in [5.74, 6) is -0.292. The molecule has 2 rings (SSSR count). The Labute approximate surface area is 116 Å². The van der Waals surface area contributed by atoms with Crippen molar-refractivity contribution in [1.82, 2.24) is 9.78 Å². The molecule has 0 spiro atoms. The Morgan fingerprint density at radius 3 is 2.95 bits per heavy atom. The van der Waals surface area contributed by atoms with E-state index in [1.165, 1.54) is 0 Å². The lowest BCUT2D eigenvalue weighted by atomic mass is 10.2. The smallest absolute Gasteiger partial charge is 0.257 e. The van der Waals surface area contributed by atoms with Crippen molar-refractivity contribution < 1.29 is 4.79 Å². The number of hydrogen-bond acceptors (Lipinski definition) is 3. The third-order valence-corrected chi connectivity index (χ3v) is 3.05. The molecule has 6 heteroatoms. The minimum Gasteiger partial charge on any atom is -0.399 e. The van der Waals surface area contributed by atoms with Gasteiger partial charge < -0.3 is 11.1 Å². The highest BCUT2D eigenvalue weighted by atomic mass is 35.5. The maximum atomic E-state index is 12.2. The fourth-order valence-corrected chi connectivity index (χ4v) is 2.01. The van der Waals surface area contributed by atoms with Crippen molar-refractivity contribution in [1.29, 1.82) is 0 Å². The molecular weight excluding hydrogens is 264 g/mol. The molecule has 0 unspecified atom stereocenters. The highest BCUT2D eigenvalue weighted by Gasteiger charge is 2.14. The van der Waals surface area contributed by atoms with E-state index in [4.69, 9.17) is 17.3 Å². The van der Waals surface area contributed by atoms with Crippen molar-refractivity contribution in [3.05, 3.63) is 40.7 Å². The highest BCUT2D eigenvalue weighted by Crippen LogP contribution is 2.21. The van der Waals surface area contributed by atoms with E-state index in [1.807, 2.05) is 14.0 Å². The largest absolute Gasteiger partial charge is 0.399 e. The van der Waals surface area contributed by atoms with Crippen molar-refractivity contribution >= 4 is 28.9 Å². The number of carbonyl (C=O) groups excluding carboxylic acids is 1. The van der Waals surface area contributed by atoms with Gasteiger partial charge in [0, 0.05) is 18.9 Å². The molecule has 100 valence electrons. The van der Waals surface area contributed by atoms with E-state index in [-0.39, 0.29) is 5.91 Å². The van der Waals surface area contributed by atoms with Crippen molar-refractivity contribution in [3.63, 3.8) is 0 Å². The Hall–Kier alpha value is -2.01. The first kappa shape index (κ1) is 13.4. The summed E-state index contributed by atoms with van der Waals surface area (Å²) in [5, 5.41) is 7.43. The Morgan fingerprint density at radius 1 is 1.53 bits per heavy atom. The van der Waals surface area contributed by atoms with E-state index in [9.17, 15) is 4.79 Å². The van der Waals surface area contributed by atoms with Crippen LogP contribution < -0.4 is 11.1 Å². The summed E-state index contributed by atoms with van der Waals surface area (Å²) in [6.45, 7) is 1.98. The molecule has 0 aliphatic carbocycles. The molecule has 2 aromatic rings. The molecule has 19 heavy (non-hydrogen) atoms. The molecule has 0 aliphatic rings. The fraction of sp³-hybridized carbons (Fsp3) is 0.231. The fourth-order valence-electron chi connectivity index (χ4n) is 1.81. The number of carbonyl (C=O) groups is 1. The Kier molecular flexibility index (Phi) is 3.76. The molecule has 0 saturated carbocycles. The van der Waals surface area contributed by atoms with Gasteiger partial charge in [0.1, 0.15) is 0 Å². The number of aryl methyl sites for hydroxylation is 2. The van der Waals surface area contributed by atoms with Crippen LogP contribution in [0.5, 0.6) is 0 Å². The SMILES string of the molecule is CCc1nn(C)cc1NC(=O)c1cc(N)ccc1Cl. The van der Waals surface area contributed by atoms with Gasteiger partial charge in [-0.2, -0.15) is 5.10 Å². The van der Waals surface area contributed by atoms with Gasteiger partial charge >= 0.3 is 0 Å². The van der Waals surface area contributed by atoms with Gasteiger partial charge in [-0.05, 0) is 24.6 Å². The Balaban J connectivity index is 2.27. The molecule has 1 aromatic heterocycles. The number of nitrogens with one attached hydrogen (secondary N) is 1. The monoisotopic (exact) mass is 278 g/mol. The summed E-state index contributed by atoms with van der Waals surface area (Å²) >= 11 is 6.00. The number of anilines is 2. The summed E-state index contributed by atoms with van der Waals surface area (Å²) in [6, 6.07) is 4.82. The summed E-state index contributed by atoms with van der Waals surface area (Å²) in [6.07, 6.45) is 2.50. The quantitative estimate of drug-likeness (QED) is 0.847. The molecule has 1 heterocycles. The summed E-state index contributed by atoms with van der Waals surface area (Å²) in [4.78, 5) is 12.2. The number of nitrogen functional groups attached to an aromatic ring is 1. The van der Waals surface area contributed by atoms with Gasteiger partial charge in [0.05, 0.1) is 22.0 Å². The van der Waals surface area contributed by atoms with Crippen LogP contribution in [0, 0.1) is 0 Å². The second-order valence-corrected chi connectivity index (χ2v) is 4.62. The van der Waals surface area contributed by atoms with Crippen LogP contribution in [-0.4, -0.2) is 15.7 Å². The normalized spacial score (nSPS) is 10.5. The van der Waals surface area contributed by atoms with Crippen molar-refractivity contribution in [2.24, 2.45) is 7.05 Å². The predicted octanol–water partition coefficient (Wildman–Crippen LogP) is 2.47. The molecule has 0 fully saturated rings. The lowest BCUT2D eigenvalue weighted by Gasteiger charge is -2.07. The van der Waals surface area contributed by atoms with Gasteiger partial charge in [-0.3, -0.25) is 9.48 Å². The number of hydrogen-bond donors (Lipinski definition) is 2. The zero-order chi connectivity index (χ0) is 14.0. The molecule has 5 nitrogen and oxygen atoms in total. The van der Waals surface area contributed by atoms with Crippen molar-refractivity contribution in [2.75, 3.05) is 11.1 Å². The topological polar surface area (TPSA) is 72.9 Å². The first-order valence-corrected chi connectivity index (χ1v) is 6.28. The standard InChI is InChI=1S/C13H15ClN4O/c1-3-11-12(7-18(2)17-11)16-13(19)9-6-8(15)4-5-10(9)14/h4-7H,3,15H2,1-2H3,(H,16,19). The van der Waals surface area contributed by atoms with Crippen molar-refractivity contribution in [3.8, 4) is 0 Å². The second-order valence-electron chi connectivity index (χ2n) is 4.21. The van der Waals surface area contributed by atoms with Gasteiger partial charge in [0.15, 0.2) is 0 Å². The number of aromatic nitrogens is 2. The van der Waals surface area contributed by atoms with Crippen LogP contribution in [-0.2, 0) is 13.5 Å². The van der Waals surface area contributed by atoms with E-state index in [0.717, 1.165) is 12.1 Å². The van der Waals surface area contributed by atoms with E-state index in [2.05, 4.69) is 10.4 Å². The number of nitrogens with zero attached hydrogens (tertiary/aromatic N) is 2. The first-order valence-electron chi connectivity index (χ1n) is 5.90. The molecule has 1 amide bonds. The molecule has 0 saturated heterocycles. The Morgan fingerprint density at radius 2 is 2.26 bits per heavy atom. The lowest BCUT2D eigenvalue weighted by Crippen LogP contribution is -2.13. The van der Waals surface area contributed by atoms with Gasteiger partial charge in [0.25, 0.3) is 5.91 Å². The molecule has 0 bridgehead atoms. The molecule has 0 radical (unpaired) electrons. The molecule has 0 aliphatic heterocycles. The maximum Gasteiger partial charge on any atom is 0.257 e. The molecular formula is C13H15ClN4O. The number of benzene rings is 1. The van der Waals surface area contributed by atoms with Crippen LogP contribution in [0.15, 0.2) is 24.4 Å². The van der Waals surface area contributed by atoms with Crippen LogP contribution in [0.2, 0.25) is 5.02 Å². The van der Waals surface area contributed by atoms with Crippen molar-refractivity contribution in [2.45, 2.75) is 13.3 Å². The van der Waals surface area contributed by atoms with E-state index < -0.39 is 0 Å². The average Bonchev–Trinajstić information content (AvgIpc) is 2.72. The summed E-state index contributed by atoms with van der Waals surface area (Å²) in [7, 11) is 1.81. The van der Waals surface area contributed by atoms with Crippen LogP contribution >= 0.6 is 11.6 Å².